The Morgan fingerprint density at radius 2 is 2.10 bits per heavy atom. The van der Waals surface area contributed by atoms with E-state index in [0.29, 0.717) is 41.8 Å². The molecule has 10 nitrogen and oxygen atoms in total. The highest BCUT2D eigenvalue weighted by Crippen LogP contribution is 2.32. The summed E-state index contributed by atoms with van der Waals surface area (Å²) in [5.74, 6) is 0.243. The molecular formula is C19H24ClN5O5S. The van der Waals surface area contributed by atoms with Gasteiger partial charge in [0.2, 0.25) is 0 Å². The maximum absolute atomic E-state index is 13.0. The van der Waals surface area contributed by atoms with E-state index in [0.717, 1.165) is 8.39 Å². The summed E-state index contributed by atoms with van der Waals surface area (Å²) in [6, 6.07) is 6.70. The van der Waals surface area contributed by atoms with Crippen LogP contribution in [0.5, 0.6) is 0 Å². The van der Waals surface area contributed by atoms with Gasteiger partial charge in [0.15, 0.2) is 6.29 Å². The number of hydrogen-bond donors (Lipinski definition) is 2. The monoisotopic (exact) mass is 469 g/mol. The third-order valence-electron chi connectivity index (χ3n) is 5.12. The summed E-state index contributed by atoms with van der Waals surface area (Å²) >= 11 is 6.30. The Morgan fingerprint density at radius 1 is 1.39 bits per heavy atom. The van der Waals surface area contributed by atoms with Gasteiger partial charge in [-0.15, -0.1) is 4.09 Å². The van der Waals surface area contributed by atoms with E-state index < -0.39 is 16.3 Å². The number of amides is 1. The van der Waals surface area contributed by atoms with Gasteiger partial charge in [-0.25, -0.2) is 4.79 Å². The molecule has 0 bridgehead atoms. The fourth-order valence-electron chi connectivity index (χ4n) is 3.62. The number of rotatable bonds is 7. The number of aldehydes is 1. The summed E-state index contributed by atoms with van der Waals surface area (Å²) in [5.41, 5.74) is 1.13. The first kappa shape index (κ1) is 23.0. The molecule has 0 spiro atoms. The van der Waals surface area contributed by atoms with Crippen molar-refractivity contribution in [3.05, 3.63) is 46.1 Å². The van der Waals surface area contributed by atoms with Gasteiger partial charge in [0, 0.05) is 50.2 Å². The van der Waals surface area contributed by atoms with Crippen LogP contribution in [0.2, 0.25) is 5.02 Å². The van der Waals surface area contributed by atoms with Crippen LogP contribution >= 0.6 is 11.6 Å². The number of carbonyl (C=O) groups excluding carboxylic acids is 1. The molecule has 2 aromatic rings. The lowest BCUT2D eigenvalue weighted by Gasteiger charge is -2.35. The minimum Gasteiger partial charge on any atom is -0.465 e. The van der Waals surface area contributed by atoms with Gasteiger partial charge in [0.05, 0.1) is 0 Å². The van der Waals surface area contributed by atoms with E-state index in [2.05, 4.69) is 10.4 Å². The Kier molecular flexibility index (Phi) is 6.87. The first-order valence-electron chi connectivity index (χ1n) is 9.63. The van der Waals surface area contributed by atoms with Gasteiger partial charge in [0.1, 0.15) is 11.5 Å². The van der Waals surface area contributed by atoms with E-state index in [4.69, 9.17) is 16.7 Å². The van der Waals surface area contributed by atoms with Crippen LogP contribution in [0, 0.1) is 0 Å². The highest BCUT2D eigenvalue weighted by molar-refractivity contribution is 7.87. The Morgan fingerprint density at radius 3 is 2.71 bits per heavy atom. The van der Waals surface area contributed by atoms with Crippen molar-refractivity contribution in [2.45, 2.75) is 25.3 Å². The van der Waals surface area contributed by atoms with Crippen molar-refractivity contribution in [2.75, 3.05) is 32.1 Å². The molecule has 12 heteroatoms. The predicted octanol–water partition coefficient (Wildman–Crippen LogP) is 1.83. The second-order valence-electron chi connectivity index (χ2n) is 7.44. The average molecular weight is 470 g/mol. The molecule has 0 saturated carbocycles. The van der Waals surface area contributed by atoms with Gasteiger partial charge in [-0.1, -0.05) is 29.8 Å². The van der Waals surface area contributed by atoms with Gasteiger partial charge in [-0.3, -0.25) is 4.79 Å². The smallest absolute Gasteiger partial charge is 0.404 e. The van der Waals surface area contributed by atoms with Crippen molar-refractivity contribution in [2.24, 2.45) is 0 Å². The Labute approximate surface area is 185 Å². The fraction of sp³-hybridized carbons (Fsp3) is 0.421. The number of nitrogens with zero attached hydrogens (tertiary/aromatic N) is 4. The highest BCUT2D eigenvalue weighted by atomic mass is 35.5. The lowest BCUT2D eigenvalue weighted by molar-refractivity contribution is 0.111. The first-order valence-corrected chi connectivity index (χ1v) is 11.4. The van der Waals surface area contributed by atoms with Crippen molar-refractivity contribution in [3.63, 3.8) is 0 Å². The summed E-state index contributed by atoms with van der Waals surface area (Å²) in [4.78, 5) is 24.7. The number of anilines is 1. The Balaban J connectivity index is 2.15. The first-order chi connectivity index (χ1) is 14.6. The molecule has 1 aliphatic heterocycles. The average Bonchev–Trinajstić information content (AvgIpc) is 3.08. The van der Waals surface area contributed by atoms with Gasteiger partial charge >= 0.3 is 16.3 Å². The van der Waals surface area contributed by atoms with Gasteiger partial charge < -0.3 is 15.3 Å². The largest absolute Gasteiger partial charge is 0.465 e. The minimum atomic E-state index is -4.04. The molecular weight excluding hydrogens is 446 g/mol. The van der Waals surface area contributed by atoms with E-state index in [1.54, 1.807) is 29.2 Å². The van der Waals surface area contributed by atoms with Crippen molar-refractivity contribution in [3.8, 4) is 0 Å². The van der Waals surface area contributed by atoms with E-state index in [-0.39, 0.29) is 30.5 Å². The molecule has 0 unspecified atom stereocenters. The number of hydrogen-bond acceptors (Lipinski definition) is 6. The van der Waals surface area contributed by atoms with Gasteiger partial charge in [0.25, 0.3) is 0 Å². The van der Waals surface area contributed by atoms with Crippen LogP contribution < -0.4 is 10.2 Å². The number of piperidine rings is 1. The number of halogens is 1. The quantitative estimate of drug-likeness (QED) is 0.592. The standard InChI is InChI=1S/C19H24ClN5O5S/c1-23(2)31(29,30)25-18(24-9-5-7-14(11-24)21-19(27)28)15(17(12-26)22-25)10-13-6-3-4-8-16(13)20/h3-4,6,8,12,14,21H,5,7,9-11H2,1-2H3,(H,27,28)/t14-/m1/s1. The lowest BCUT2D eigenvalue weighted by Crippen LogP contribution is -2.48. The minimum absolute atomic E-state index is 0.00587. The van der Waals surface area contributed by atoms with Crippen molar-refractivity contribution < 1.29 is 23.1 Å². The number of aromatic nitrogens is 2. The van der Waals surface area contributed by atoms with E-state index >= 15 is 0 Å². The van der Waals surface area contributed by atoms with E-state index in [9.17, 15) is 18.0 Å². The molecule has 1 aliphatic rings. The molecule has 168 valence electrons. The maximum atomic E-state index is 13.0. The third kappa shape index (κ3) is 4.83. The highest BCUT2D eigenvalue weighted by Gasteiger charge is 2.33. The molecule has 1 fully saturated rings. The molecule has 31 heavy (non-hydrogen) atoms. The third-order valence-corrected chi connectivity index (χ3v) is 7.11. The Bertz CT molecular complexity index is 1090. The molecule has 0 radical (unpaired) electrons. The molecule has 2 N–H and O–H groups in total. The van der Waals surface area contributed by atoms with Crippen LogP contribution in [0.1, 0.15) is 34.5 Å². The van der Waals surface area contributed by atoms with Crippen LogP contribution in [0.4, 0.5) is 10.6 Å². The maximum Gasteiger partial charge on any atom is 0.404 e. The fourth-order valence-corrected chi connectivity index (χ4v) is 4.77. The topological polar surface area (TPSA) is 125 Å². The second-order valence-corrected chi connectivity index (χ2v) is 9.82. The zero-order valence-electron chi connectivity index (χ0n) is 17.2. The zero-order valence-corrected chi connectivity index (χ0v) is 18.7. The number of benzene rings is 1. The molecule has 0 aliphatic carbocycles. The Hall–Kier alpha value is -2.63. The van der Waals surface area contributed by atoms with Crippen molar-refractivity contribution in [1.29, 1.82) is 0 Å². The molecule has 1 aromatic heterocycles. The van der Waals surface area contributed by atoms with Crippen LogP contribution in [0.25, 0.3) is 0 Å². The number of carbonyl (C=O) groups is 2. The number of carboxylic acid groups (broad SMARTS) is 1. The summed E-state index contributed by atoms with van der Waals surface area (Å²) in [6.07, 6.45) is 0.831. The van der Waals surface area contributed by atoms with Crippen LogP contribution in [-0.2, 0) is 16.6 Å². The lowest BCUT2D eigenvalue weighted by atomic mass is 10.0. The molecule has 1 atom stereocenters. The van der Waals surface area contributed by atoms with E-state index in [1.165, 1.54) is 14.1 Å². The SMILES string of the molecule is CN(C)S(=O)(=O)n1nc(C=O)c(Cc2ccccc2Cl)c1N1CCC[C@@H](NC(=O)O)C1. The molecule has 1 aromatic carbocycles. The summed E-state index contributed by atoms with van der Waals surface area (Å²) in [7, 11) is -1.29. The van der Waals surface area contributed by atoms with E-state index in [1.807, 2.05) is 0 Å². The molecule has 1 amide bonds. The summed E-state index contributed by atoms with van der Waals surface area (Å²) < 4.78 is 27.9. The van der Waals surface area contributed by atoms with Crippen LogP contribution in [0.3, 0.4) is 0 Å². The van der Waals surface area contributed by atoms with Crippen LogP contribution in [0.15, 0.2) is 24.3 Å². The normalized spacial score (nSPS) is 17.0. The number of nitrogens with one attached hydrogen (secondary N) is 1. The van der Waals surface area contributed by atoms with Gasteiger partial charge in [-0.2, -0.15) is 17.8 Å². The second kappa shape index (κ2) is 9.25. The molecule has 1 saturated heterocycles. The predicted molar refractivity (Wildman–Crippen MR) is 116 cm³/mol. The van der Waals surface area contributed by atoms with Crippen molar-refractivity contribution in [1.82, 2.24) is 18.8 Å². The zero-order chi connectivity index (χ0) is 22.8. The van der Waals surface area contributed by atoms with Gasteiger partial charge in [-0.05, 0) is 24.5 Å². The molecule has 2 heterocycles. The summed E-state index contributed by atoms with van der Waals surface area (Å²) in [5, 5.41) is 16.1. The van der Waals surface area contributed by atoms with Crippen LogP contribution in [-0.4, -0.2) is 72.6 Å². The molecule has 3 rings (SSSR count). The summed E-state index contributed by atoms with van der Waals surface area (Å²) in [6.45, 7) is 0.731. The van der Waals surface area contributed by atoms with Crippen molar-refractivity contribution >= 4 is 40.0 Å².